The van der Waals surface area contributed by atoms with Crippen molar-refractivity contribution in [1.82, 2.24) is 9.80 Å². The van der Waals surface area contributed by atoms with E-state index in [0.717, 1.165) is 31.9 Å². The SMILES string of the molecule is CCCCCN1CCN(C(=O)Nc2ccc(C)c(C)c2)CC1. The minimum Gasteiger partial charge on any atom is -0.322 e. The molecule has 2 amide bonds. The van der Waals surface area contributed by atoms with E-state index in [1.807, 2.05) is 17.0 Å². The Bertz CT molecular complexity index is 493. The van der Waals surface area contributed by atoms with Crippen molar-refractivity contribution in [2.75, 3.05) is 38.0 Å². The van der Waals surface area contributed by atoms with Gasteiger partial charge in [-0.3, -0.25) is 4.90 Å². The predicted molar refractivity (Wildman–Crippen MR) is 92.5 cm³/mol. The van der Waals surface area contributed by atoms with Crippen LogP contribution < -0.4 is 5.32 Å². The molecule has 1 saturated heterocycles. The summed E-state index contributed by atoms with van der Waals surface area (Å²) < 4.78 is 0. The van der Waals surface area contributed by atoms with Crippen molar-refractivity contribution in [1.29, 1.82) is 0 Å². The summed E-state index contributed by atoms with van der Waals surface area (Å²) in [5, 5.41) is 3.02. The average Bonchev–Trinajstić information content (AvgIpc) is 2.52. The van der Waals surface area contributed by atoms with Gasteiger partial charge in [0.2, 0.25) is 0 Å². The van der Waals surface area contributed by atoms with E-state index in [0.29, 0.717) is 0 Å². The van der Waals surface area contributed by atoms with E-state index in [-0.39, 0.29) is 6.03 Å². The number of carbonyl (C=O) groups is 1. The Hall–Kier alpha value is -1.55. The van der Waals surface area contributed by atoms with Crippen molar-refractivity contribution in [3.05, 3.63) is 29.3 Å². The number of benzene rings is 1. The average molecular weight is 303 g/mol. The summed E-state index contributed by atoms with van der Waals surface area (Å²) in [5.74, 6) is 0. The zero-order valence-corrected chi connectivity index (χ0v) is 14.2. The topological polar surface area (TPSA) is 35.6 Å². The van der Waals surface area contributed by atoms with Crippen LogP contribution in [0.15, 0.2) is 18.2 Å². The Morgan fingerprint density at radius 1 is 1.09 bits per heavy atom. The Kier molecular flexibility index (Phi) is 6.25. The van der Waals surface area contributed by atoms with Crippen molar-refractivity contribution in [3.63, 3.8) is 0 Å². The molecule has 22 heavy (non-hydrogen) atoms. The molecule has 0 saturated carbocycles. The lowest BCUT2D eigenvalue weighted by Gasteiger charge is -2.34. The molecule has 0 aliphatic carbocycles. The third-order valence-electron chi connectivity index (χ3n) is 4.50. The number of hydrogen-bond donors (Lipinski definition) is 1. The standard InChI is InChI=1S/C18H29N3O/c1-4-5-6-9-20-10-12-21(13-11-20)18(22)19-17-8-7-15(2)16(3)14-17/h7-8,14H,4-6,9-13H2,1-3H3,(H,19,22). The molecule has 4 heteroatoms. The molecular formula is C18H29N3O. The molecule has 0 unspecified atom stereocenters. The first-order valence-corrected chi connectivity index (χ1v) is 8.45. The highest BCUT2D eigenvalue weighted by atomic mass is 16.2. The molecule has 2 rings (SSSR count). The van der Waals surface area contributed by atoms with Gasteiger partial charge in [-0.15, -0.1) is 0 Å². The third kappa shape index (κ3) is 4.73. The molecule has 0 bridgehead atoms. The van der Waals surface area contributed by atoms with Gasteiger partial charge in [-0.1, -0.05) is 25.8 Å². The van der Waals surface area contributed by atoms with Crippen LogP contribution in [0.5, 0.6) is 0 Å². The van der Waals surface area contributed by atoms with Gasteiger partial charge in [-0.2, -0.15) is 0 Å². The molecule has 4 nitrogen and oxygen atoms in total. The van der Waals surface area contributed by atoms with Crippen LogP contribution in [-0.2, 0) is 0 Å². The molecule has 1 heterocycles. The molecule has 1 aliphatic rings. The Balaban J connectivity index is 1.78. The molecule has 1 fully saturated rings. The second kappa shape index (κ2) is 8.18. The van der Waals surface area contributed by atoms with Crippen LogP contribution >= 0.6 is 0 Å². The first-order valence-electron chi connectivity index (χ1n) is 8.45. The molecule has 122 valence electrons. The molecule has 0 radical (unpaired) electrons. The molecule has 1 aliphatic heterocycles. The van der Waals surface area contributed by atoms with E-state index in [1.54, 1.807) is 0 Å². The van der Waals surface area contributed by atoms with Crippen molar-refractivity contribution in [3.8, 4) is 0 Å². The van der Waals surface area contributed by atoms with Gasteiger partial charge in [-0.05, 0) is 50.1 Å². The summed E-state index contributed by atoms with van der Waals surface area (Å²) in [6, 6.07) is 6.09. The maximum atomic E-state index is 12.3. The predicted octanol–water partition coefficient (Wildman–Crippen LogP) is 3.64. The maximum Gasteiger partial charge on any atom is 0.321 e. The summed E-state index contributed by atoms with van der Waals surface area (Å²) in [7, 11) is 0. The minimum atomic E-state index is 0.0245. The van der Waals surface area contributed by atoms with Crippen molar-refractivity contribution >= 4 is 11.7 Å². The maximum absolute atomic E-state index is 12.3. The zero-order chi connectivity index (χ0) is 15.9. The number of nitrogens with zero attached hydrogens (tertiary/aromatic N) is 2. The van der Waals surface area contributed by atoms with Crippen molar-refractivity contribution in [2.24, 2.45) is 0 Å². The highest BCUT2D eigenvalue weighted by Gasteiger charge is 2.20. The van der Waals surface area contributed by atoms with Crippen LogP contribution in [0.4, 0.5) is 10.5 Å². The number of hydrogen-bond acceptors (Lipinski definition) is 2. The molecule has 1 aromatic rings. The second-order valence-corrected chi connectivity index (χ2v) is 6.26. The van der Waals surface area contributed by atoms with E-state index < -0.39 is 0 Å². The van der Waals surface area contributed by atoms with Crippen LogP contribution in [0.3, 0.4) is 0 Å². The first kappa shape index (κ1) is 16.8. The fourth-order valence-electron chi connectivity index (χ4n) is 2.78. The quantitative estimate of drug-likeness (QED) is 0.843. The van der Waals surface area contributed by atoms with Gasteiger partial charge < -0.3 is 10.2 Å². The van der Waals surface area contributed by atoms with Gasteiger partial charge in [0.25, 0.3) is 0 Å². The Labute approximate surface area is 134 Å². The lowest BCUT2D eigenvalue weighted by Crippen LogP contribution is -2.50. The number of urea groups is 1. The highest BCUT2D eigenvalue weighted by molar-refractivity contribution is 5.89. The summed E-state index contributed by atoms with van der Waals surface area (Å²) >= 11 is 0. The number of nitrogens with one attached hydrogen (secondary N) is 1. The van der Waals surface area contributed by atoms with Crippen LogP contribution in [0.1, 0.15) is 37.3 Å². The summed E-state index contributed by atoms with van der Waals surface area (Å²) in [6.07, 6.45) is 3.83. The molecule has 0 atom stereocenters. The fraction of sp³-hybridized carbons (Fsp3) is 0.611. The van der Waals surface area contributed by atoms with Crippen molar-refractivity contribution in [2.45, 2.75) is 40.0 Å². The summed E-state index contributed by atoms with van der Waals surface area (Å²) in [6.45, 7) is 11.2. The van der Waals surface area contributed by atoms with Gasteiger partial charge >= 0.3 is 6.03 Å². The normalized spacial score (nSPS) is 15.9. The lowest BCUT2D eigenvalue weighted by molar-refractivity contribution is 0.146. The third-order valence-corrected chi connectivity index (χ3v) is 4.50. The number of amides is 2. The largest absolute Gasteiger partial charge is 0.322 e. The van der Waals surface area contributed by atoms with Gasteiger partial charge in [0.1, 0.15) is 0 Å². The smallest absolute Gasteiger partial charge is 0.321 e. The molecular weight excluding hydrogens is 274 g/mol. The van der Waals surface area contributed by atoms with Gasteiger partial charge in [0, 0.05) is 31.9 Å². The van der Waals surface area contributed by atoms with E-state index in [4.69, 9.17) is 0 Å². The fourth-order valence-corrected chi connectivity index (χ4v) is 2.78. The number of unbranched alkanes of at least 4 members (excludes halogenated alkanes) is 2. The molecule has 1 N–H and O–H groups in total. The van der Waals surface area contributed by atoms with Crippen LogP contribution in [0.25, 0.3) is 0 Å². The van der Waals surface area contributed by atoms with Crippen LogP contribution in [-0.4, -0.2) is 48.6 Å². The highest BCUT2D eigenvalue weighted by Crippen LogP contribution is 2.15. The van der Waals surface area contributed by atoms with E-state index in [2.05, 4.69) is 37.1 Å². The number of rotatable bonds is 5. The van der Waals surface area contributed by atoms with E-state index in [1.165, 1.54) is 36.9 Å². The van der Waals surface area contributed by atoms with Gasteiger partial charge in [0.05, 0.1) is 0 Å². The Morgan fingerprint density at radius 2 is 1.82 bits per heavy atom. The number of piperazine rings is 1. The minimum absolute atomic E-state index is 0.0245. The molecule has 1 aromatic carbocycles. The van der Waals surface area contributed by atoms with Crippen molar-refractivity contribution < 1.29 is 4.79 Å². The molecule has 0 spiro atoms. The monoisotopic (exact) mass is 303 g/mol. The zero-order valence-electron chi connectivity index (χ0n) is 14.2. The Morgan fingerprint density at radius 3 is 2.45 bits per heavy atom. The van der Waals surface area contributed by atoms with Crippen LogP contribution in [0.2, 0.25) is 0 Å². The second-order valence-electron chi connectivity index (χ2n) is 6.26. The number of carbonyl (C=O) groups excluding carboxylic acids is 1. The van der Waals surface area contributed by atoms with Gasteiger partial charge in [0.15, 0.2) is 0 Å². The number of anilines is 1. The number of aryl methyl sites for hydroxylation is 2. The van der Waals surface area contributed by atoms with Gasteiger partial charge in [-0.25, -0.2) is 4.79 Å². The lowest BCUT2D eigenvalue weighted by atomic mass is 10.1. The summed E-state index contributed by atoms with van der Waals surface area (Å²) in [5.41, 5.74) is 3.34. The first-order chi connectivity index (χ1) is 10.6. The van der Waals surface area contributed by atoms with E-state index in [9.17, 15) is 4.79 Å². The van der Waals surface area contributed by atoms with E-state index >= 15 is 0 Å². The van der Waals surface area contributed by atoms with Crippen LogP contribution in [0, 0.1) is 13.8 Å². The molecule has 0 aromatic heterocycles. The summed E-state index contributed by atoms with van der Waals surface area (Å²) in [4.78, 5) is 16.7.